The van der Waals surface area contributed by atoms with Gasteiger partial charge in [0.2, 0.25) is 0 Å². The van der Waals surface area contributed by atoms with Crippen LogP contribution in [0.5, 0.6) is 0 Å². The number of fused-ring (bicyclic) bond motifs is 2. The standard InChI is InChI=1S/C22H26N6/c1-3-23-22(24-12-11-17-13-25-20-9-5-4-8-19(17)20)26-14-18-15-28-16(2)7-6-10-21(28)27-18/h4-10,13,15,25H,3,11-12,14H2,1-2H3,(H2,23,24,26). The Bertz CT molecular complexity index is 1100. The van der Waals surface area contributed by atoms with E-state index in [1.54, 1.807) is 0 Å². The number of imidazole rings is 1. The third-order valence-electron chi connectivity index (χ3n) is 4.85. The van der Waals surface area contributed by atoms with E-state index in [1.165, 1.54) is 22.2 Å². The van der Waals surface area contributed by atoms with Crippen LogP contribution in [0.25, 0.3) is 16.6 Å². The van der Waals surface area contributed by atoms with Crippen LogP contribution >= 0.6 is 0 Å². The van der Waals surface area contributed by atoms with Crippen molar-refractivity contribution in [2.45, 2.75) is 26.8 Å². The molecule has 0 fully saturated rings. The molecule has 0 bridgehead atoms. The van der Waals surface area contributed by atoms with Gasteiger partial charge in [-0.3, -0.25) is 0 Å². The van der Waals surface area contributed by atoms with Crippen LogP contribution in [-0.2, 0) is 13.0 Å². The average molecular weight is 374 g/mol. The summed E-state index contributed by atoms with van der Waals surface area (Å²) in [6.45, 7) is 6.34. The van der Waals surface area contributed by atoms with Crippen LogP contribution in [0.1, 0.15) is 23.9 Å². The number of aliphatic imine (C=N–C) groups is 1. The van der Waals surface area contributed by atoms with E-state index in [0.29, 0.717) is 6.54 Å². The highest BCUT2D eigenvalue weighted by molar-refractivity contribution is 5.83. The molecule has 4 rings (SSSR count). The second-order valence-corrected chi connectivity index (χ2v) is 6.86. The molecule has 6 heteroatoms. The van der Waals surface area contributed by atoms with Crippen LogP contribution in [0.3, 0.4) is 0 Å². The molecular formula is C22H26N6. The first-order valence-corrected chi connectivity index (χ1v) is 9.75. The number of hydrogen-bond acceptors (Lipinski definition) is 2. The molecule has 144 valence electrons. The molecule has 0 aliphatic heterocycles. The van der Waals surface area contributed by atoms with Crippen molar-refractivity contribution in [1.82, 2.24) is 25.0 Å². The molecule has 0 radical (unpaired) electrons. The van der Waals surface area contributed by atoms with E-state index in [0.717, 1.165) is 36.8 Å². The van der Waals surface area contributed by atoms with E-state index in [4.69, 9.17) is 4.99 Å². The number of nitrogens with one attached hydrogen (secondary N) is 3. The van der Waals surface area contributed by atoms with E-state index < -0.39 is 0 Å². The van der Waals surface area contributed by atoms with Crippen LogP contribution in [0, 0.1) is 6.92 Å². The van der Waals surface area contributed by atoms with Gasteiger partial charge in [-0.2, -0.15) is 0 Å². The van der Waals surface area contributed by atoms with Gasteiger partial charge in [0, 0.05) is 42.1 Å². The number of hydrogen-bond donors (Lipinski definition) is 3. The molecule has 0 amide bonds. The van der Waals surface area contributed by atoms with Crippen LogP contribution < -0.4 is 10.6 Å². The lowest BCUT2D eigenvalue weighted by atomic mass is 10.1. The molecule has 0 atom stereocenters. The van der Waals surface area contributed by atoms with Crippen molar-refractivity contribution < 1.29 is 0 Å². The van der Waals surface area contributed by atoms with Gasteiger partial charge in [0.1, 0.15) is 5.65 Å². The minimum atomic E-state index is 0.545. The molecule has 0 saturated carbocycles. The Morgan fingerprint density at radius 1 is 1.14 bits per heavy atom. The molecule has 0 aliphatic rings. The summed E-state index contributed by atoms with van der Waals surface area (Å²) in [6.07, 6.45) is 5.08. The van der Waals surface area contributed by atoms with Crippen molar-refractivity contribution in [3.05, 3.63) is 71.8 Å². The lowest BCUT2D eigenvalue weighted by Gasteiger charge is -2.10. The highest BCUT2D eigenvalue weighted by Crippen LogP contribution is 2.17. The maximum Gasteiger partial charge on any atom is 0.191 e. The SMILES string of the molecule is CCNC(=NCc1cn2c(C)cccc2n1)NCCc1c[nH]c2ccccc12. The second kappa shape index (κ2) is 8.17. The van der Waals surface area contributed by atoms with Gasteiger partial charge < -0.3 is 20.0 Å². The number of rotatable bonds is 6. The first kappa shape index (κ1) is 18.1. The Balaban J connectivity index is 1.40. The number of aromatic amines is 1. The van der Waals surface area contributed by atoms with Crippen molar-refractivity contribution in [2.24, 2.45) is 4.99 Å². The summed E-state index contributed by atoms with van der Waals surface area (Å²) >= 11 is 0. The topological polar surface area (TPSA) is 69.5 Å². The molecule has 6 nitrogen and oxygen atoms in total. The molecule has 1 aromatic carbocycles. The molecule has 0 saturated heterocycles. The maximum atomic E-state index is 4.70. The summed E-state index contributed by atoms with van der Waals surface area (Å²) in [5.41, 5.74) is 5.59. The summed E-state index contributed by atoms with van der Waals surface area (Å²) in [5, 5.41) is 8.02. The van der Waals surface area contributed by atoms with Gasteiger partial charge in [0.25, 0.3) is 0 Å². The predicted molar refractivity (Wildman–Crippen MR) is 115 cm³/mol. The number of aromatic nitrogens is 3. The van der Waals surface area contributed by atoms with Gasteiger partial charge in [-0.05, 0) is 44.0 Å². The second-order valence-electron chi connectivity index (χ2n) is 6.86. The Labute approximate surface area is 164 Å². The maximum absolute atomic E-state index is 4.70. The smallest absolute Gasteiger partial charge is 0.191 e. The van der Waals surface area contributed by atoms with E-state index >= 15 is 0 Å². The van der Waals surface area contributed by atoms with Crippen molar-refractivity contribution in [3.8, 4) is 0 Å². The number of benzene rings is 1. The Morgan fingerprint density at radius 3 is 2.89 bits per heavy atom. The van der Waals surface area contributed by atoms with Gasteiger partial charge in [-0.15, -0.1) is 0 Å². The normalized spacial score (nSPS) is 12.0. The first-order valence-electron chi connectivity index (χ1n) is 9.75. The summed E-state index contributed by atoms with van der Waals surface area (Å²) in [7, 11) is 0. The third kappa shape index (κ3) is 3.86. The number of pyridine rings is 1. The fourth-order valence-corrected chi connectivity index (χ4v) is 3.43. The molecule has 28 heavy (non-hydrogen) atoms. The molecule has 4 aromatic rings. The molecule has 3 aromatic heterocycles. The fourth-order valence-electron chi connectivity index (χ4n) is 3.43. The van der Waals surface area contributed by atoms with Crippen molar-refractivity contribution in [2.75, 3.05) is 13.1 Å². The van der Waals surface area contributed by atoms with Crippen LogP contribution in [0.4, 0.5) is 0 Å². The van der Waals surface area contributed by atoms with Gasteiger partial charge in [0.05, 0.1) is 12.2 Å². The molecule has 3 N–H and O–H groups in total. The lowest BCUT2D eigenvalue weighted by molar-refractivity contribution is 0.799. The summed E-state index contributed by atoms with van der Waals surface area (Å²) in [4.78, 5) is 12.7. The average Bonchev–Trinajstić information content (AvgIpc) is 3.31. The Kier molecular flexibility index (Phi) is 5.28. The first-order chi connectivity index (χ1) is 13.7. The molecule has 3 heterocycles. The zero-order valence-corrected chi connectivity index (χ0v) is 16.4. The number of aryl methyl sites for hydroxylation is 1. The van der Waals surface area contributed by atoms with Crippen LogP contribution in [0.2, 0.25) is 0 Å². The van der Waals surface area contributed by atoms with E-state index in [2.05, 4.69) is 81.6 Å². The minimum Gasteiger partial charge on any atom is -0.361 e. The zero-order valence-electron chi connectivity index (χ0n) is 16.4. The zero-order chi connectivity index (χ0) is 19.3. The third-order valence-corrected chi connectivity index (χ3v) is 4.85. The molecule has 0 aliphatic carbocycles. The van der Waals surface area contributed by atoms with Gasteiger partial charge >= 0.3 is 0 Å². The Hall–Kier alpha value is -3.28. The number of para-hydroxylation sites is 1. The molecular weight excluding hydrogens is 348 g/mol. The van der Waals surface area contributed by atoms with Gasteiger partial charge in [0.15, 0.2) is 5.96 Å². The summed E-state index contributed by atoms with van der Waals surface area (Å²) < 4.78 is 2.10. The van der Waals surface area contributed by atoms with Crippen molar-refractivity contribution in [3.63, 3.8) is 0 Å². The summed E-state index contributed by atoms with van der Waals surface area (Å²) in [5.74, 6) is 0.816. The lowest BCUT2D eigenvalue weighted by Crippen LogP contribution is -2.38. The minimum absolute atomic E-state index is 0.545. The number of H-pyrrole nitrogens is 1. The summed E-state index contributed by atoms with van der Waals surface area (Å²) in [6, 6.07) is 14.5. The fraction of sp³-hybridized carbons (Fsp3) is 0.273. The van der Waals surface area contributed by atoms with E-state index in [1.807, 2.05) is 12.1 Å². The highest BCUT2D eigenvalue weighted by atomic mass is 15.2. The Morgan fingerprint density at radius 2 is 2.04 bits per heavy atom. The van der Waals surface area contributed by atoms with Gasteiger partial charge in [-0.25, -0.2) is 9.98 Å². The van der Waals surface area contributed by atoms with E-state index in [-0.39, 0.29) is 0 Å². The van der Waals surface area contributed by atoms with Gasteiger partial charge in [-0.1, -0.05) is 24.3 Å². The highest BCUT2D eigenvalue weighted by Gasteiger charge is 2.05. The monoisotopic (exact) mass is 374 g/mol. The number of guanidine groups is 1. The largest absolute Gasteiger partial charge is 0.361 e. The number of nitrogens with zero attached hydrogens (tertiary/aromatic N) is 3. The molecule has 0 unspecified atom stereocenters. The van der Waals surface area contributed by atoms with Crippen LogP contribution in [-0.4, -0.2) is 33.4 Å². The van der Waals surface area contributed by atoms with Crippen LogP contribution in [0.15, 0.2) is 59.9 Å². The predicted octanol–water partition coefficient (Wildman–Crippen LogP) is 3.42. The van der Waals surface area contributed by atoms with Crippen molar-refractivity contribution >= 4 is 22.5 Å². The van der Waals surface area contributed by atoms with E-state index in [9.17, 15) is 0 Å². The quantitative estimate of drug-likeness (QED) is 0.358. The molecule has 0 spiro atoms. The van der Waals surface area contributed by atoms with Crippen molar-refractivity contribution in [1.29, 1.82) is 0 Å².